The average Bonchev–Trinajstić information content (AvgIpc) is 2.84. The van der Waals surface area contributed by atoms with Gasteiger partial charge < -0.3 is 25.7 Å². The third-order valence-corrected chi connectivity index (χ3v) is 3.17. The van der Waals surface area contributed by atoms with Crippen molar-refractivity contribution in [2.45, 2.75) is 6.17 Å². The third-order valence-electron chi connectivity index (χ3n) is 3.17. The van der Waals surface area contributed by atoms with Crippen LogP contribution in [0.25, 0.3) is 0 Å². The molecule has 7 nitrogen and oxygen atoms in total. The fourth-order valence-corrected chi connectivity index (χ4v) is 2.32. The van der Waals surface area contributed by atoms with Gasteiger partial charge in [-0.05, 0) is 23.9 Å². The Morgan fingerprint density at radius 2 is 2.00 bits per heavy atom. The standard InChI is InChI=1S/C10H13N3.C4H4O4/c1-2-8-6-9-7-11-4-5-13(9)10(8)12-3-1;5-3(6)1-2-4(7)8/h1-3,6,10-12H,4-5,7H2;1-2H,(H,5,6)(H,7,8). The van der Waals surface area contributed by atoms with E-state index in [9.17, 15) is 9.59 Å². The second-order valence-corrected chi connectivity index (χ2v) is 4.61. The molecule has 0 aromatic carbocycles. The summed E-state index contributed by atoms with van der Waals surface area (Å²) in [6, 6.07) is 0. The van der Waals surface area contributed by atoms with E-state index < -0.39 is 11.9 Å². The highest BCUT2D eigenvalue weighted by molar-refractivity contribution is 5.89. The van der Waals surface area contributed by atoms with Crippen LogP contribution in [0.3, 0.4) is 0 Å². The molecule has 1 unspecified atom stereocenters. The molecule has 3 aliphatic rings. The van der Waals surface area contributed by atoms with Crippen molar-refractivity contribution < 1.29 is 19.8 Å². The molecule has 1 fully saturated rings. The summed E-state index contributed by atoms with van der Waals surface area (Å²) in [5.74, 6) is -2.51. The van der Waals surface area contributed by atoms with Crippen molar-refractivity contribution in [3.05, 3.63) is 47.9 Å². The van der Waals surface area contributed by atoms with Crippen LogP contribution in [0.1, 0.15) is 0 Å². The third kappa shape index (κ3) is 3.96. The molecule has 3 heterocycles. The Morgan fingerprint density at radius 3 is 2.67 bits per heavy atom. The lowest BCUT2D eigenvalue weighted by Gasteiger charge is -2.34. The summed E-state index contributed by atoms with van der Waals surface area (Å²) < 4.78 is 0. The summed E-state index contributed by atoms with van der Waals surface area (Å²) in [4.78, 5) is 21.5. The summed E-state index contributed by atoms with van der Waals surface area (Å²) in [5.41, 5.74) is 2.81. The predicted molar refractivity (Wildman–Crippen MR) is 76.2 cm³/mol. The van der Waals surface area contributed by atoms with Gasteiger partial charge in [0.1, 0.15) is 6.17 Å². The molecule has 0 bridgehead atoms. The molecule has 0 amide bonds. The Hall–Kier alpha value is -2.54. The minimum Gasteiger partial charge on any atom is -0.478 e. The summed E-state index contributed by atoms with van der Waals surface area (Å²) in [5, 5.41) is 22.4. The number of rotatable bonds is 2. The molecule has 0 radical (unpaired) electrons. The van der Waals surface area contributed by atoms with Crippen LogP contribution in [0.2, 0.25) is 0 Å². The fraction of sp³-hybridized carbons (Fsp3) is 0.286. The Morgan fingerprint density at radius 1 is 1.29 bits per heavy atom. The topological polar surface area (TPSA) is 102 Å². The minimum atomic E-state index is -1.26. The van der Waals surface area contributed by atoms with Gasteiger partial charge in [-0.2, -0.15) is 0 Å². The molecule has 0 saturated carbocycles. The Labute approximate surface area is 121 Å². The normalized spacial score (nSPS) is 22.3. The van der Waals surface area contributed by atoms with Crippen LogP contribution in [-0.4, -0.2) is 52.9 Å². The Bertz CT molecular complexity index is 532. The summed E-state index contributed by atoms with van der Waals surface area (Å²) in [7, 11) is 0. The molecule has 3 aliphatic heterocycles. The van der Waals surface area contributed by atoms with Crippen molar-refractivity contribution in [3.8, 4) is 0 Å². The zero-order valence-corrected chi connectivity index (χ0v) is 11.3. The number of nitrogens with one attached hydrogen (secondary N) is 2. The highest BCUT2D eigenvalue weighted by Gasteiger charge is 2.30. The average molecular weight is 291 g/mol. The first-order valence-electron chi connectivity index (χ1n) is 6.52. The molecule has 0 aromatic rings. The van der Waals surface area contributed by atoms with E-state index in [0.717, 1.165) is 19.6 Å². The smallest absolute Gasteiger partial charge is 0.328 e. The number of carboxylic acid groups (broad SMARTS) is 2. The van der Waals surface area contributed by atoms with E-state index in [-0.39, 0.29) is 0 Å². The number of aliphatic carboxylic acids is 2. The lowest BCUT2D eigenvalue weighted by atomic mass is 10.2. The van der Waals surface area contributed by atoms with Gasteiger partial charge in [-0.15, -0.1) is 0 Å². The van der Waals surface area contributed by atoms with Gasteiger partial charge in [-0.25, -0.2) is 9.59 Å². The summed E-state index contributed by atoms with van der Waals surface area (Å²) in [6.07, 6.45) is 10.1. The molecule has 0 spiro atoms. The zero-order chi connectivity index (χ0) is 15.2. The highest BCUT2D eigenvalue weighted by Crippen LogP contribution is 2.27. The molecule has 3 rings (SSSR count). The van der Waals surface area contributed by atoms with Crippen LogP contribution in [0.4, 0.5) is 0 Å². The van der Waals surface area contributed by atoms with E-state index in [2.05, 4.69) is 33.8 Å². The number of piperazine rings is 1. The van der Waals surface area contributed by atoms with Crippen LogP contribution in [0.5, 0.6) is 0 Å². The number of dihydropyridines is 1. The van der Waals surface area contributed by atoms with E-state index in [1.54, 1.807) is 0 Å². The largest absolute Gasteiger partial charge is 0.478 e. The molecule has 0 aromatic heterocycles. The van der Waals surface area contributed by atoms with Gasteiger partial charge >= 0.3 is 11.9 Å². The van der Waals surface area contributed by atoms with Crippen molar-refractivity contribution in [1.82, 2.24) is 15.5 Å². The molecule has 1 atom stereocenters. The quantitative estimate of drug-likeness (QED) is 0.526. The summed E-state index contributed by atoms with van der Waals surface area (Å²) in [6.45, 7) is 3.21. The molecule has 4 N–H and O–H groups in total. The first-order chi connectivity index (χ1) is 10.1. The minimum absolute atomic E-state index is 0.405. The maximum absolute atomic E-state index is 9.55. The van der Waals surface area contributed by atoms with Gasteiger partial charge in [0.15, 0.2) is 0 Å². The van der Waals surface area contributed by atoms with Crippen molar-refractivity contribution >= 4 is 11.9 Å². The summed E-state index contributed by atoms with van der Waals surface area (Å²) >= 11 is 0. The van der Waals surface area contributed by atoms with Gasteiger partial charge in [0.05, 0.1) is 0 Å². The van der Waals surface area contributed by atoms with Crippen molar-refractivity contribution in [3.63, 3.8) is 0 Å². The van der Waals surface area contributed by atoms with Crippen LogP contribution in [-0.2, 0) is 9.59 Å². The fourth-order valence-electron chi connectivity index (χ4n) is 2.32. The number of allylic oxidation sites excluding steroid dienone is 2. The van der Waals surface area contributed by atoms with Crippen LogP contribution in [0.15, 0.2) is 47.9 Å². The number of fused-ring (bicyclic) bond motifs is 3. The molecular weight excluding hydrogens is 274 g/mol. The van der Waals surface area contributed by atoms with Crippen LogP contribution < -0.4 is 10.6 Å². The molecule has 7 heteroatoms. The number of carbonyl (C=O) groups is 2. The number of carboxylic acids is 2. The lowest BCUT2D eigenvalue weighted by Crippen LogP contribution is -2.48. The van der Waals surface area contributed by atoms with E-state index >= 15 is 0 Å². The Kier molecular flexibility index (Phi) is 4.78. The lowest BCUT2D eigenvalue weighted by molar-refractivity contribution is -0.134. The van der Waals surface area contributed by atoms with E-state index in [1.165, 1.54) is 11.3 Å². The van der Waals surface area contributed by atoms with Crippen molar-refractivity contribution in [1.29, 1.82) is 0 Å². The van der Waals surface area contributed by atoms with Gasteiger partial charge in [0.2, 0.25) is 0 Å². The molecular formula is C14H17N3O4. The molecule has 112 valence electrons. The number of hydrogen-bond donors (Lipinski definition) is 4. The van der Waals surface area contributed by atoms with E-state index in [0.29, 0.717) is 18.3 Å². The van der Waals surface area contributed by atoms with Crippen LogP contribution >= 0.6 is 0 Å². The Balaban J connectivity index is 0.000000177. The first-order valence-corrected chi connectivity index (χ1v) is 6.52. The van der Waals surface area contributed by atoms with E-state index in [4.69, 9.17) is 10.2 Å². The van der Waals surface area contributed by atoms with Crippen molar-refractivity contribution in [2.75, 3.05) is 19.6 Å². The maximum Gasteiger partial charge on any atom is 0.328 e. The number of hydrogen-bond acceptors (Lipinski definition) is 5. The SMILES string of the molecule is C1=CNC2C(=C1)C=C1CNCCN12.O=C(O)C=CC(=O)O. The highest BCUT2D eigenvalue weighted by atomic mass is 16.4. The second kappa shape index (κ2) is 6.76. The van der Waals surface area contributed by atoms with Crippen LogP contribution in [0, 0.1) is 0 Å². The van der Waals surface area contributed by atoms with Gasteiger partial charge in [0.25, 0.3) is 0 Å². The van der Waals surface area contributed by atoms with Gasteiger partial charge in [0, 0.05) is 37.5 Å². The first kappa shape index (κ1) is 14.9. The van der Waals surface area contributed by atoms with Gasteiger partial charge in [-0.3, -0.25) is 0 Å². The predicted octanol–water partition coefficient (Wildman–Crippen LogP) is -0.130. The van der Waals surface area contributed by atoms with E-state index in [1.807, 2.05) is 6.20 Å². The second-order valence-electron chi connectivity index (χ2n) is 4.61. The van der Waals surface area contributed by atoms with Gasteiger partial charge in [-0.1, -0.05) is 6.08 Å². The molecule has 21 heavy (non-hydrogen) atoms. The number of nitrogens with zero attached hydrogens (tertiary/aromatic N) is 1. The molecule has 0 aliphatic carbocycles. The zero-order valence-electron chi connectivity index (χ0n) is 11.3. The molecule has 1 saturated heterocycles. The van der Waals surface area contributed by atoms with Crippen molar-refractivity contribution in [2.24, 2.45) is 0 Å². The monoisotopic (exact) mass is 291 g/mol. The maximum atomic E-state index is 9.55.